The Morgan fingerprint density at radius 3 is 2.64 bits per heavy atom. The molecule has 2 saturated carbocycles. The lowest BCUT2D eigenvalue weighted by Crippen LogP contribution is -2.42. The number of rotatable bonds is 5. The van der Waals surface area contributed by atoms with Crippen molar-refractivity contribution in [2.75, 3.05) is 19.8 Å². The summed E-state index contributed by atoms with van der Waals surface area (Å²) in [6.07, 6.45) is 5.13. The van der Waals surface area contributed by atoms with Crippen LogP contribution in [-0.4, -0.2) is 45.7 Å². The van der Waals surface area contributed by atoms with Gasteiger partial charge in [-0.05, 0) is 38.3 Å². The van der Waals surface area contributed by atoms with Crippen molar-refractivity contribution < 1.29 is 19.3 Å². The minimum absolute atomic E-state index is 0.395. The van der Waals surface area contributed by atoms with Gasteiger partial charge in [0.2, 0.25) is 5.88 Å². The summed E-state index contributed by atoms with van der Waals surface area (Å²) in [5.74, 6) is 1.39. The van der Waals surface area contributed by atoms with Gasteiger partial charge < -0.3 is 19.3 Å². The molecular formula is C26H29N3O4. The minimum Gasteiger partial charge on any atom is -0.477 e. The second kappa shape index (κ2) is 8.01. The van der Waals surface area contributed by atoms with Gasteiger partial charge in [0.25, 0.3) is 0 Å². The highest BCUT2D eigenvalue weighted by molar-refractivity contribution is 5.78. The molecule has 6 rings (SSSR count). The van der Waals surface area contributed by atoms with Crippen molar-refractivity contribution in [1.29, 1.82) is 0 Å². The molecule has 7 heteroatoms. The summed E-state index contributed by atoms with van der Waals surface area (Å²) in [7, 11) is 0. The number of hydrogen-bond acceptors (Lipinski definition) is 7. The number of aromatic nitrogens is 3. The van der Waals surface area contributed by atoms with Crippen molar-refractivity contribution in [2.24, 2.45) is 5.92 Å². The average Bonchev–Trinajstić information content (AvgIpc) is 3.48. The van der Waals surface area contributed by atoms with Gasteiger partial charge >= 0.3 is 0 Å². The zero-order valence-corrected chi connectivity index (χ0v) is 18.9. The molecule has 172 valence electrons. The summed E-state index contributed by atoms with van der Waals surface area (Å²) in [6.45, 7) is 3.63. The number of benzene rings is 1. The molecule has 1 aromatic carbocycles. The van der Waals surface area contributed by atoms with Crippen LogP contribution in [0.3, 0.4) is 0 Å². The van der Waals surface area contributed by atoms with Crippen molar-refractivity contribution in [1.82, 2.24) is 15.0 Å². The fourth-order valence-corrected chi connectivity index (χ4v) is 5.25. The molecule has 2 unspecified atom stereocenters. The van der Waals surface area contributed by atoms with Crippen LogP contribution in [0.5, 0.6) is 5.88 Å². The molecule has 1 spiro atoms. The molecule has 3 aliphatic rings. The second-order valence-electron chi connectivity index (χ2n) is 9.62. The molecule has 1 N–H and O–H groups in total. The molecule has 0 amide bonds. The van der Waals surface area contributed by atoms with Gasteiger partial charge in [0.1, 0.15) is 5.82 Å². The molecule has 33 heavy (non-hydrogen) atoms. The van der Waals surface area contributed by atoms with Crippen LogP contribution in [0.4, 0.5) is 0 Å². The molecule has 2 aromatic heterocycles. The van der Waals surface area contributed by atoms with Crippen LogP contribution in [0.15, 0.2) is 42.6 Å². The molecule has 7 nitrogen and oxygen atoms in total. The maximum atomic E-state index is 11.5. The van der Waals surface area contributed by atoms with Crippen LogP contribution < -0.4 is 4.74 Å². The first-order valence-electron chi connectivity index (χ1n) is 11.9. The van der Waals surface area contributed by atoms with E-state index in [-0.39, 0.29) is 0 Å². The quantitative estimate of drug-likeness (QED) is 0.632. The van der Waals surface area contributed by atoms with E-state index in [9.17, 15) is 5.11 Å². The van der Waals surface area contributed by atoms with E-state index in [1.165, 1.54) is 0 Å². The molecule has 2 aliphatic carbocycles. The molecular weight excluding hydrogens is 418 g/mol. The maximum Gasteiger partial charge on any atom is 0.222 e. The van der Waals surface area contributed by atoms with E-state index in [1.54, 1.807) is 6.20 Å². The smallest absolute Gasteiger partial charge is 0.222 e. The third-order valence-corrected chi connectivity index (χ3v) is 7.38. The zero-order chi connectivity index (χ0) is 22.5. The SMILES string of the molecule is Cc1ncc(C2(O)CCC3(CC2)OCCO3)c(OCC2CC2c2ccc3ccccc3n2)n1. The lowest BCUT2D eigenvalue weighted by Gasteiger charge is -2.40. The lowest BCUT2D eigenvalue weighted by molar-refractivity contribution is -0.204. The number of fused-ring (bicyclic) bond motifs is 1. The summed E-state index contributed by atoms with van der Waals surface area (Å²) in [5.41, 5.74) is 1.78. The summed E-state index contributed by atoms with van der Waals surface area (Å²) in [4.78, 5) is 13.8. The first-order valence-corrected chi connectivity index (χ1v) is 11.9. The van der Waals surface area contributed by atoms with E-state index in [0.717, 1.165) is 23.0 Å². The normalized spacial score (nSPS) is 25.4. The van der Waals surface area contributed by atoms with Crippen molar-refractivity contribution in [2.45, 2.75) is 56.3 Å². The summed E-state index contributed by atoms with van der Waals surface area (Å²) in [6, 6.07) is 12.5. The maximum absolute atomic E-state index is 11.5. The van der Waals surface area contributed by atoms with Gasteiger partial charge in [0.15, 0.2) is 5.79 Å². The average molecular weight is 448 g/mol. The molecule has 3 aromatic rings. The van der Waals surface area contributed by atoms with E-state index >= 15 is 0 Å². The highest BCUT2D eigenvalue weighted by Gasteiger charge is 2.48. The Morgan fingerprint density at radius 1 is 1.03 bits per heavy atom. The van der Waals surface area contributed by atoms with Crippen molar-refractivity contribution in [3.05, 3.63) is 59.7 Å². The molecule has 3 fully saturated rings. The van der Waals surface area contributed by atoms with Gasteiger partial charge in [-0.3, -0.25) is 4.98 Å². The molecule has 0 radical (unpaired) electrons. The molecule has 1 aliphatic heterocycles. The van der Waals surface area contributed by atoms with Crippen LogP contribution in [0, 0.1) is 12.8 Å². The largest absolute Gasteiger partial charge is 0.477 e. The molecule has 0 bridgehead atoms. The standard InChI is InChI=1S/C26H29N3O4/c1-17-27-15-21(25(30)8-10-26(11-9-25)32-12-13-33-26)24(28-17)31-16-19-14-20(19)23-7-6-18-4-2-3-5-22(18)29-23/h2-7,15,19-20,30H,8-14,16H2,1H3. The second-order valence-corrected chi connectivity index (χ2v) is 9.62. The molecule has 3 heterocycles. The first-order chi connectivity index (χ1) is 16.0. The third-order valence-electron chi connectivity index (χ3n) is 7.38. The van der Waals surface area contributed by atoms with Gasteiger partial charge in [0, 0.05) is 42.0 Å². The summed E-state index contributed by atoms with van der Waals surface area (Å²) in [5, 5.41) is 12.6. The topological polar surface area (TPSA) is 86.6 Å². The van der Waals surface area contributed by atoms with E-state index in [4.69, 9.17) is 19.2 Å². The van der Waals surface area contributed by atoms with Gasteiger partial charge in [-0.1, -0.05) is 24.3 Å². The van der Waals surface area contributed by atoms with Crippen LogP contribution in [0.25, 0.3) is 10.9 Å². The van der Waals surface area contributed by atoms with Gasteiger partial charge in [-0.15, -0.1) is 0 Å². The summed E-state index contributed by atoms with van der Waals surface area (Å²) >= 11 is 0. The van der Waals surface area contributed by atoms with E-state index < -0.39 is 11.4 Å². The number of ether oxygens (including phenoxy) is 3. The Balaban J connectivity index is 1.15. The molecule has 2 atom stereocenters. The van der Waals surface area contributed by atoms with Gasteiger partial charge in [-0.2, -0.15) is 4.98 Å². The van der Waals surface area contributed by atoms with Gasteiger partial charge in [0.05, 0.1) is 36.5 Å². The Bertz CT molecular complexity index is 1170. The van der Waals surface area contributed by atoms with Crippen molar-refractivity contribution in [3.63, 3.8) is 0 Å². The highest BCUT2D eigenvalue weighted by Crippen LogP contribution is 2.49. The van der Waals surface area contributed by atoms with Crippen molar-refractivity contribution >= 4 is 10.9 Å². The van der Waals surface area contributed by atoms with Crippen LogP contribution in [0.1, 0.15) is 55.1 Å². The predicted octanol–water partition coefficient (Wildman–Crippen LogP) is 4.02. The van der Waals surface area contributed by atoms with Crippen LogP contribution in [0.2, 0.25) is 0 Å². The number of hydrogen-bond donors (Lipinski definition) is 1. The fraction of sp³-hybridized carbons (Fsp3) is 0.500. The zero-order valence-electron chi connectivity index (χ0n) is 18.9. The fourth-order valence-electron chi connectivity index (χ4n) is 5.25. The van der Waals surface area contributed by atoms with Crippen LogP contribution >= 0.6 is 0 Å². The lowest BCUT2D eigenvalue weighted by atomic mass is 9.77. The van der Waals surface area contributed by atoms with E-state index in [1.807, 2.05) is 19.1 Å². The first kappa shape index (κ1) is 21.0. The van der Waals surface area contributed by atoms with Gasteiger partial charge in [-0.25, -0.2) is 4.98 Å². The van der Waals surface area contributed by atoms with Crippen molar-refractivity contribution in [3.8, 4) is 5.88 Å². The van der Waals surface area contributed by atoms with E-state index in [2.05, 4.69) is 34.2 Å². The number of nitrogens with zero attached hydrogens (tertiary/aromatic N) is 3. The number of pyridine rings is 1. The highest BCUT2D eigenvalue weighted by atomic mass is 16.7. The number of aliphatic hydroxyl groups is 1. The van der Waals surface area contributed by atoms with Crippen LogP contribution in [-0.2, 0) is 15.1 Å². The monoisotopic (exact) mass is 447 g/mol. The summed E-state index contributed by atoms with van der Waals surface area (Å²) < 4.78 is 17.9. The Kier molecular flexibility index (Phi) is 5.09. The van der Waals surface area contributed by atoms with E-state index in [0.29, 0.717) is 74.6 Å². The number of aryl methyl sites for hydroxylation is 1. The minimum atomic E-state index is -1.04. The molecule has 1 saturated heterocycles. The Hall–Kier alpha value is -2.61. The Morgan fingerprint density at radius 2 is 1.82 bits per heavy atom. The third kappa shape index (κ3) is 3.98. The Labute approximate surface area is 193 Å². The predicted molar refractivity (Wildman–Crippen MR) is 122 cm³/mol. The number of para-hydroxylation sites is 1.